The summed E-state index contributed by atoms with van der Waals surface area (Å²) in [4.78, 5) is 15.1. The van der Waals surface area contributed by atoms with Crippen LogP contribution in [-0.4, -0.2) is 34.7 Å². The second-order valence-electron chi connectivity index (χ2n) is 6.31. The zero-order chi connectivity index (χ0) is 14.4. The summed E-state index contributed by atoms with van der Waals surface area (Å²) in [5, 5.41) is 0.959. The van der Waals surface area contributed by atoms with Crippen molar-refractivity contribution in [3.05, 3.63) is 23.9 Å². The van der Waals surface area contributed by atoms with E-state index in [9.17, 15) is 4.79 Å². The number of anilines is 1. The standard InChI is InChI=1S/C16H19N3OS/c17-12-1-2-13-15(8-12)21-18-16(13)14(20)7-11-9-19-5-3-10(11)4-6-19/h1-2,8,10-11H,3-7,9,17H2/t11-/m0/s1. The number of aromatic nitrogens is 1. The lowest BCUT2D eigenvalue weighted by Crippen LogP contribution is -2.47. The number of carbonyl (C=O) groups is 1. The maximum absolute atomic E-state index is 12.6. The predicted octanol–water partition coefficient (Wildman–Crippen LogP) is 2.79. The number of ketones is 1. The average Bonchev–Trinajstić information content (AvgIpc) is 2.91. The summed E-state index contributed by atoms with van der Waals surface area (Å²) in [6.07, 6.45) is 3.16. The van der Waals surface area contributed by atoms with Crippen LogP contribution >= 0.6 is 11.5 Å². The van der Waals surface area contributed by atoms with Crippen LogP contribution in [0.5, 0.6) is 0 Å². The quantitative estimate of drug-likeness (QED) is 0.699. The fraction of sp³-hybridized carbons (Fsp3) is 0.500. The maximum Gasteiger partial charge on any atom is 0.183 e. The monoisotopic (exact) mass is 301 g/mol. The normalized spacial score (nSPS) is 28.1. The lowest BCUT2D eigenvalue weighted by Gasteiger charge is -2.44. The highest BCUT2D eigenvalue weighted by molar-refractivity contribution is 7.13. The van der Waals surface area contributed by atoms with E-state index in [0.717, 1.165) is 28.2 Å². The highest BCUT2D eigenvalue weighted by Gasteiger charge is 2.35. The molecule has 110 valence electrons. The largest absolute Gasteiger partial charge is 0.399 e. The van der Waals surface area contributed by atoms with Crippen molar-refractivity contribution in [3.8, 4) is 0 Å². The van der Waals surface area contributed by atoms with E-state index < -0.39 is 0 Å². The van der Waals surface area contributed by atoms with Crippen molar-refractivity contribution in [1.29, 1.82) is 0 Å². The highest BCUT2D eigenvalue weighted by Crippen LogP contribution is 2.35. The molecule has 5 rings (SSSR count). The van der Waals surface area contributed by atoms with Gasteiger partial charge in [0.15, 0.2) is 5.78 Å². The van der Waals surface area contributed by atoms with E-state index in [4.69, 9.17) is 5.73 Å². The number of benzene rings is 1. The molecule has 5 heteroatoms. The summed E-state index contributed by atoms with van der Waals surface area (Å²) < 4.78 is 5.39. The van der Waals surface area contributed by atoms with Crippen LogP contribution in [0, 0.1) is 11.8 Å². The first-order valence-electron chi connectivity index (χ1n) is 7.61. The van der Waals surface area contributed by atoms with Crippen LogP contribution in [0.25, 0.3) is 10.1 Å². The van der Waals surface area contributed by atoms with Crippen LogP contribution < -0.4 is 5.73 Å². The lowest BCUT2D eigenvalue weighted by molar-refractivity contribution is 0.0440. The Kier molecular flexibility index (Phi) is 3.19. The molecule has 0 radical (unpaired) electrons. The molecule has 0 aliphatic carbocycles. The van der Waals surface area contributed by atoms with E-state index in [-0.39, 0.29) is 5.78 Å². The number of carbonyl (C=O) groups excluding carboxylic acids is 1. The minimum absolute atomic E-state index is 0.199. The minimum atomic E-state index is 0.199. The SMILES string of the molecule is Nc1ccc2c(C(=O)C[C@H]3CN4CCC3CC4)nsc2c1. The van der Waals surface area contributed by atoms with Crippen LogP contribution in [0.3, 0.4) is 0 Å². The molecule has 1 aromatic heterocycles. The first-order valence-corrected chi connectivity index (χ1v) is 8.38. The van der Waals surface area contributed by atoms with Gasteiger partial charge in [0.25, 0.3) is 0 Å². The molecule has 0 unspecified atom stereocenters. The molecule has 2 N–H and O–H groups in total. The molecule has 4 nitrogen and oxygen atoms in total. The molecule has 21 heavy (non-hydrogen) atoms. The van der Waals surface area contributed by atoms with Gasteiger partial charge < -0.3 is 10.6 Å². The fourth-order valence-corrected chi connectivity index (χ4v) is 4.65. The van der Waals surface area contributed by atoms with Gasteiger partial charge in [-0.2, -0.15) is 4.37 Å². The lowest BCUT2D eigenvalue weighted by atomic mass is 9.76. The molecule has 3 aliphatic rings. The summed E-state index contributed by atoms with van der Waals surface area (Å²) in [5.74, 6) is 1.45. The molecule has 1 aromatic carbocycles. The molecule has 3 aliphatic heterocycles. The number of rotatable bonds is 3. The van der Waals surface area contributed by atoms with Crippen molar-refractivity contribution in [1.82, 2.24) is 9.27 Å². The van der Waals surface area contributed by atoms with Gasteiger partial charge in [0.2, 0.25) is 0 Å². The number of fused-ring (bicyclic) bond motifs is 4. The number of hydrogen-bond acceptors (Lipinski definition) is 5. The van der Waals surface area contributed by atoms with Gasteiger partial charge in [0.05, 0.1) is 4.70 Å². The minimum Gasteiger partial charge on any atom is -0.399 e. The Labute approximate surface area is 128 Å². The third-order valence-electron chi connectivity index (χ3n) is 5.00. The maximum atomic E-state index is 12.6. The summed E-state index contributed by atoms with van der Waals surface area (Å²) in [6, 6.07) is 5.68. The van der Waals surface area contributed by atoms with Crippen molar-refractivity contribution >= 4 is 33.1 Å². The Morgan fingerprint density at radius 1 is 1.38 bits per heavy atom. The van der Waals surface area contributed by atoms with Gasteiger partial charge >= 0.3 is 0 Å². The van der Waals surface area contributed by atoms with Crippen LogP contribution in [0.1, 0.15) is 29.8 Å². The Morgan fingerprint density at radius 2 is 2.19 bits per heavy atom. The van der Waals surface area contributed by atoms with Crippen molar-refractivity contribution < 1.29 is 4.79 Å². The van der Waals surface area contributed by atoms with Crippen molar-refractivity contribution in [2.24, 2.45) is 11.8 Å². The predicted molar refractivity (Wildman–Crippen MR) is 85.6 cm³/mol. The highest BCUT2D eigenvalue weighted by atomic mass is 32.1. The Balaban J connectivity index is 1.56. The number of nitrogen functional groups attached to an aromatic ring is 1. The topological polar surface area (TPSA) is 59.2 Å². The number of Topliss-reactive ketones (excluding diaryl/α,β-unsaturated/α-hetero) is 1. The van der Waals surface area contributed by atoms with Crippen molar-refractivity contribution in [3.63, 3.8) is 0 Å². The first kappa shape index (κ1) is 13.2. The molecule has 3 fully saturated rings. The number of piperidine rings is 3. The molecule has 4 heterocycles. The number of nitrogens with zero attached hydrogens (tertiary/aromatic N) is 2. The second kappa shape index (κ2) is 5.07. The Bertz CT molecular complexity index is 688. The second-order valence-corrected chi connectivity index (χ2v) is 7.12. The summed E-state index contributed by atoms with van der Waals surface area (Å²) >= 11 is 1.37. The molecule has 1 atom stereocenters. The van der Waals surface area contributed by atoms with Crippen LogP contribution in [0.15, 0.2) is 18.2 Å². The molecule has 0 amide bonds. The van der Waals surface area contributed by atoms with E-state index in [1.54, 1.807) is 0 Å². The van der Waals surface area contributed by atoms with Gasteiger partial charge in [-0.15, -0.1) is 0 Å². The van der Waals surface area contributed by atoms with Gasteiger partial charge in [-0.3, -0.25) is 4.79 Å². The van der Waals surface area contributed by atoms with Gasteiger partial charge in [-0.1, -0.05) is 0 Å². The van der Waals surface area contributed by atoms with Crippen molar-refractivity contribution in [2.45, 2.75) is 19.3 Å². The zero-order valence-corrected chi connectivity index (χ0v) is 12.7. The van der Waals surface area contributed by atoms with E-state index in [2.05, 4.69) is 9.27 Å². The van der Waals surface area contributed by atoms with Gasteiger partial charge in [0, 0.05) is 24.0 Å². The van der Waals surface area contributed by atoms with Gasteiger partial charge in [-0.25, -0.2) is 0 Å². The van der Waals surface area contributed by atoms with E-state index in [0.29, 0.717) is 18.0 Å². The van der Waals surface area contributed by atoms with Gasteiger partial charge in [-0.05, 0) is 67.5 Å². The summed E-state index contributed by atoms with van der Waals surface area (Å²) in [7, 11) is 0. The molecular weight excluding hydrogens is 282 g/mol. The van der Waals surface area contributed by atoms with Crippen LogP contribution in [-0.2, 0) is 0 Å². The fourth-order valence-electron chi connectivity index (χ4n) is 3.81. The molecular formula is C16H19N3OS. The van der Waals surface area contributed by atoms with E-state index in [1.807, 2.05) is 18.2 Å². The smallest absolute Gasteiger partial charge is 0.183 e. The molecule has 2 bridgehead atoms. The zero-order valence-electron chi connectivity index (χ0n) is 11.9. The first-order chi connectivity index (χ1) is 10.2. The van der Waals surface area contributed by atoms with Crippen molar-refractivity contribution in [2.75, 3.05) is 25.4 Å². The Morgan fingerprint density at radius 3 is 2.90 bits per heavy atom. The third-order valence-corrected chi connectivity index (χ3v) is 5.81. The molecule has 0 spiro atoms. The van der Waals surface area contributed by atoms with E-state index in [1.165, 1.54) is 37.5 Å². The number of hydrogen-bond donors (Lipinski definition) is 1. The molecule has 2 aromatic rings. The van der Waals surface area contributed by atoms with Crippen LogP contribution in [0.4, 0.5) is 5.69 Å². The molecule has 3 saturated heterocycles. The summed E-state index contributed by atoms with van der Waals surface area (Å²) in [5.41, 5.74) is 7.16. The summed E-state index contributed by atoms with van der Waals surface area (Å²) in [6.45, 7) is 3.52. The molecule has 0 saturated carbocycles. The number of nitrogens with two attached hydrogens (primary N) is 1. The Hall–Kier alpha value is -1.46. The van der Waals surface area contributed by atoms with Gasteiger partial charge in [0.1, 0.15) is 5.69 Å². The van der Waals surface area contributed by atoms with Crippen LogP contribution in [0.2, 0.25) is 0 Å². The average molecular weight is 301 g/mol. The third kappa shape index (κ3) is 2.34. The van der Waals surface area contributed by atoms with E-state index >= 15 is 0 Å².